The van der Waals surface area contributed by atoms with Crippen LogP contribution < -0.4 is 5.73 Å². The smallest absolute Gasteiger partial charge is 0.305 e. The molecule has 0 radical (unpaired) electrons. The molecule has 4 atom stereocenters. The van der Waals surface area contributed by atoms with Crippen LogP contribution >= 0.6 is 0 Å². The maximum absolute atomic E-state index is 10.4. The predicted octanol–water partition coefficient (Wildman–Crippen LogP) is -1.70. The molecule has 82 valence electrons. The van der Waals surface area contributed by atoms with Crippen molar-refractivity contribution < 1.29 is 24.9 Å². The second-order valence-corrected chi connectivity index (χ2v) is 3.42. The summed E-state index contributed by atoms with van der Waals surface area (Å²) in [5.41, 5.74) is 5.31. The topological polar surface area (TPSA) is 113 Å². The highest BCUT2D eigenvalue weighted by Crippen LogP contribution is 2.21. The van der Waals surface area contributed by atoms with Crippen LogP contribution in [0, 0.1) is 0 Å². The molecular weight excluding hydrogens is 190 g/mol. The van der Waals surface area contributed by atoms with Crippen LogP contribution in [-0.4, -0.2) is 52.2 Å². The molecular formula is C8H15NO5. The SMILES string of the molecule is NC[C@H]1OC(CC(=O)O)C[C@@H](O)[C@@H]1O. The summed E-state index contributed by atoms with van der Waals surface area (Å²) in [5, 5.41) is 27.3. The van der Waals surface area contributed by atoms with Crippen molar-refractivity contribution in [1.29, 1.82) is 0 Å². The van der Waals surface area contributed by atoms with Crippen LogP contribution in [0.2, 0.25) is 0 Å². The fraction of sp³-hybridized carbons (Fsp3) is 0.875. The third-order valence-corrected chi connectivity index (χ3v) is 2.28. The summed E-state index contributed by atoms with van der Waals surface area (Å²) in [6, 6.07) is 0. The molecule has 1 saturated heterocycles. The Balaban J connectivity index is 2.53. The molecule has 0 aromatic carbocycles. The van der Waals surface area contributed by atoms with E-state index in [1.807, 2.05) is 0 Å². The molecule has 1 unspecified atom stereocenters. The van der Waals surface area contributed by atoms with Gasteiger partial charge < -0.3 is 25.8 Å². The van der Waals surface area contributed by atoms with Gasteiger partial charge in [0.25, 0.3) is 0 Å². The van der Waals surface area contributed by atoms with Crippen LogP contribution in [0.5, 0.6) is 0 Å². The monoisotopic (exact) mass is 205 g/mol. The van der Waals surface area contributed by atoms with Crippen LogP contribution in [0.25, 0.3) is 0 Å². The molecule has 1 fully saturated rings. The standard InChI is InChI=1S/C8H15NO5/c9-3-6-8(13)5(10)1-4(14-6)2-7(11)12/h4-6,8,10,13H,1-3,9H2,(H,11,12)/t4?,5-,6-,8+/m1/s1. The molecule has 5 N–H and O–H groups in total. The lowest BCUT2D eigenvalue weighted by molar-refractivity contribution is -0.173. The van der Waals surface area contributed by atoms with Gasteiger partial charge in [0.2, 0.25) is 0 Å². The maximum atomic E-state index is 10.4. The highest BCUT2D eigenvalue weighted by atomic mass is 16.5. The largest absolute Gasteiger partial charge is 0.481 e. The summed E-state index contributed by atoms with van der Waals surface area (Å²) < 4.78 is 5.21. The van der Waals surface area contributed by atoms with Gasteiger partial charge in [0.1, 0.15) is 6.10 Å². The quantitative estimate of drug-likeness (QED) is 0.437. The first kappa shape index (κ1) is 11.4. The summed E-state index contributed by atoms with van der Waals surface area (Å²) in [6.07, 6.45) is -3.28. The van der Waals surface area contributed by atoms with E-state index in [1.54, 1.807) is 0 Å². The second kappa shape index (κ2) is 4.70. The van der Waals surface area contributed by atoms with Crippen LogP contribution in [0.3, 0.4) is 0 Å². The summed E-state index contributed by atoms with van der Waals surface area (Å²) in [6.45, 7) is 0.0638. The molecule has 1 rings (SSSR count). The number of aliphatic carboxylic acids is 1. The molecule has 0 aromatic heterocycles. The average Bonchev–Trinajstić information content (AvgIpc) is 2.10. The first-order valence-corrected chi connectivity index (χ1v) is 4.48. The number of ether oxygens (including phenoxy) is 1. The van der Waals surface area contributed by atoms with Crippen molar-refractivity contribution in [3.8, 4) is 0 Å². The summed E-state index contributed by atoms with van der Waals surface area (Å²) in [4.78, 5) is 10.4. The highest BCUT2D eigenvalue weighted by Gasteiger charge is 2.36. The minimum absolute atomic E-state index is 0.0638. The highest BCUT2D eigenvalue weighted by molar-refractivity contribution is 5.67. The van der Waals surface area contributed by atoms with E-state index in [0.717, 1.165) is 0 Å². The number of rotatable bonds is 3. The Kier molecular flexibility index (Phi) is 3.82. The lowest BCUT2D eigenvalue weighted by Crippen LogP contribution is -2.51. The molecule has 0 aromatic rings. The Bertz CT molecular complexity index is 210. The molecule has 14 heavy (non-hydrogen) atoms. The van der Waals surface area contributed by atoms with E-state index in [2.05, 4.69) is 0 Å². The van der Waals surface area contributed by atoms with Gasteiger partial charge in [0.05, 0.1) is 24.7 Å². The minimum Gasteiger partial charge on any atom is -0.481 e. The van der Waals surface area contributed by atoms with Gasteiger partial charge in [-0.25, -0.2) is 0 Å². The van der Waals surface area contributed by atoms with Crippen LogP contribution in [0.1, 0.15) is 12.8 Å². The van der Waals surface area contributed by atoms with Crippen LogP contribution in [0.15, 0.2) is 0 Å². The van der Waals surface area contributed by atoms with E-state index >= 15 is 0 Å². The van der Waals surface area contributed by atoms with Gasteiger partial charge in [-0.05, 0) is 0 Å². The Morgan fingerprint density at radius 3 is 2.64 bits per heavy atom. The van der Waals surface area contributed by atoms with E-state index < -0.39 is 30.4 Å². The average molecular weight is 205 g/mol. The number of carboxylic acids is 1. The predicted molar refractivity (Wildman–Crippen MR) is 46.6 cm³/mol. The number of nitrogens with two attached hydrogens (primary N) is 1. The van der Waals surface area contributed by atoms with Gasteiger partial charge in [-0.2, -0.15) is 0 Å². The van der Waals surface area contributed by atoms with E-state index in [1.165, 1.54) is 0 Å². The normalized spacial score (nSPS) is 38.2. The van der Waals surface area contributed by atoms with Crippen molar-refractivity contribution in [2.45, 2.75) is 37.3 Å². The van der Waals surface area contributed by atoms with Crippen molar-refractivity contribution in [2.24, 2.45) is 5.73 Å². The van der Waals surface area contributed by atoms with Crippen molar-refractivity contribution in [2.75, 3.05) is 6.54 Å². The molecule has 1 aliphatic heterocycles. The molecule has 0 aliphatic carbocycles. The van der Waals surface area contributed by atoms with E-state index in [-0.39, 0.29) is 19.4 Å². The van der Waals surface area contributed by atoms with Gasteiger partial charge in [-0.3, -0.25) is 4.79 Å². The third kappa shape index (κ3) is 2.65. The van der Waals surface area contributed by atoms with E-state index in [9.17, 15) is 15.0 Å². The Morgan fingerprint density at radius 1 is 1.50 bits per heavy atom. The fourth-order valence-corrected chi connectivity index (χ4v) is 1.56. The zero-order chi connectivity index (χ0) is 10.7. The molecule has 0 saturated carbocycles. The zero-order valence-corrected chi connectivity index (χ0v) is 7.67. The number of carbonyl (C=O) groups is 1. The van der Waals surface area contributed by atoms with E-state index in [4.69, 9.17) is 15.6 Å². The van der Waals surface area contributed by atoms with Crippen molar-refractivity contribution in [3.05, 3.63) is 0 Å². The zero-order valence-electron chi connectivity index (χ0n) is 7.67. The molecule has 1 heterocycles. The van der Waals surface area contributed by atoms with Gasteiger partial charge >= 0.3 is 5.97 Å². The van der Waals surface area contributed by atoms with Crippen molar-refractivity contribution >= 4 is 5.97 Å². The van der Waals surface area contributed by atoms with Crippen molar-refractivity contribution in [1.82, 2.24) is 0 Å². The second-order valence-electron chi connectivity index (χ2n) is 3.42. The lowest BCUT2D eigenvalue weighted by Gasteiger charge is -2.36. The molecule has 0 amide bonds. The van der Waals surface area contributed by atoms with Gasteiger partial charge in [-0.1, -0.05) is 0 Å². The molecule has 1 aliphatic rings. The number of hydrogen-bond donors (Lipinski definition) is 4. The molecule has 6 heteroatoms. The first-order valence-electron chi connectivity index (χ1n) is 4.48. The van der Waals surface area contributed by atoms with Gasteiger partial charge in [-0.15, -0.1) is 0 Å². The maximum Gasteiger partial charge on any atom is 0.305 e. The first-order chi connectivity index (χ1) is 6.54. The van der Waals surface area contributed by atoms with Gasteiger partial charge in [0, 0.05) is 13.0 Å². The molecule has 0 bridgehead atoms. The van der Waals surface area contributed by atoms with E-state index in [0.29, 0.717) is 0 Å². The third-order valence-electron chi connectivity index (χ3n) is 2.28. The number of carboxylic acid groups (broad SMARTS) is 1. The minimum atomic E-state index is -1.02. The summed E-state index contributed by atoms with van der Waals surface area (Å²) in [7, 11) is 0. The molecule has 6 nitrogen and oxygen atoms in total. The van der Waals surface area contributed by atoms with Crippen LogP contribution in [0.4, 0.5) is 0 Å². The lowest BCUT2D eigenvalue weighted by atomic mass is 9.96. The Morgan fingerprint density at radius 2 is 2.14 bits per heavy atom. The Labute approximate surface area is 81.3 Å². The summed E-state index contributed by atoms with van der Waals surface area (Å²) in [5.74, 6) is -0.991. The van der Waals surface area contributed by atoms with Crippen molar-refractivity contribution in [3.63, 3.8) is 0 Å². The van der Waals surface area contributed by atoms with Crippen LogP contribution in [-0.2, 0) is 9.53 Å². The number of hydrogen-bond acceptors (Lipinski definition) is 5. The fourth-order valence-electron chi connectivity index (χ4n) is 1.56. The summed E-state index contributed by atoms with van der Waals surface area (Å²) >= 11 is 0. The van der Waals surface area contributed by atoms with Gasteiger partial charge in [0.15, 0.2) is 0 Å². The Hall–Kier alpha value is -0.690. The molecule has 0 spiro atoms. The number of aliphatic hydroxyl groups is 2. The number of aliphatic hydroxyl groups excluding tert-OH is 2.